The monoisotopic (exact) mass is 270 g/mol. The van der Waals surface area contributed by atoms with E-state index >= 15 is 0 Å². The van der Waals surface area contributed by atoms with E-state index in [4.69, 9.17) is 0 Å². The molecule has 0 amide bonds. The fourth-order valence-corrected chi connectivity index (χ4v) is 1.78. The normalized spacial score (nSPS) is 13.2. The summed E-state index contributed by atoms with van der Waals surface area (Å²) in [5, 5.41) is 1.92. The molecule has 2 rings (SSSR count). The van der Waals surface area contributed by atoms with Gasteiger partial charge in [-0.1, -0.05) is 19.9 Å². The van der Waals surface area contributed by atoms with Crippen LogP contribution in [0.25, 0.3) is 5.43 Å². The summed E-state index contributed by atoms with van der Waals surface area (Å²) in [6.07, 6.45) is 2.72. The van der Waals surface area contributed by atoms with Gasteiger partial charge in [-0.3, -0.25) is 0 Å². The maximum atomic E-state index is 4.14. The van der Waals surface area contributed by atoms with Crippen molar-refractivity contribution in [1.82, 2.24) is 0 Å². The standard InChI is InChI=1S/C12H17N2.C2H6.V/c1-9-4-7-11(14(3)13-2)8-12(9)10-5-6-10;1-2;/h4,7-8,10H,5-6H2,1-3H3;1-2H3;/q-1;;. The molecular formula is C14H23N2V-. The largest absolute Gasteiger partial charge is 0.571 e. The van der Waals surface area contributed by atoms with Gasteiger partial charge in [0.1, 0.15) is 0 Å². The fourth-order valence-electron chi connectivity index (χ4n) is 1.78. The minimum absolute atomic E-state index is 0. The van der Waals surface area contributed by atoms with Crippen LogP contribution in [0.15, 0.2) is 18.2 Å². The molecule has 1 saturated carbocycles. The second-order valence-electron chi connectivity index (χ2n) is 4.04. The van der Waals surface area contributed by atoms with Crippen LogP contribution >= 0.6 is 0 Å². The zero-order valence-corrected chi connectivity index (χ0v) is 13.0. The molecule has 0 aromatic heterocycles. The zero-order chi connectivity index (χ0) is 12.1. The molecule has 3 heteroatoms. The van der Waals surface area contributed by atoms with E-state index in [0.29, 0.717) is 0 Å². The van der Waals surface area contributed by atoms with Crippen molar-refractivity contribution in [2.45, 2.75) is 39.5 Å². The maximum Gasteiger partial charge on any atom is 0.0196 e. The number of hydrogen-bond donors (Lipinski definition) is 0. The second-order valence-corrected chi connectivity index (χ2v) is 4.04. The summed E-state index contributed by atoms with van der Waals surface area (Å²) >= 11 is 0. The van der Waals surface area contributed by atoms with Gasteiger partial charge >= 0.3 is 0 Å². The average Bonchev–Trinajstić information content (AvgIpc) is 3.15. The Kier molecular flexibility index (Phi) is 7.61. The molecule has 1 radical (unpaired) electrons. The van der Waals surface area contributed by atoms with E-state index in [9.17, 15) is 0 Å². The fraction of sp³-hybridized carbons (Fsp3) is 0.571. The molecule has 0 spiro atoms. The Morgan fingerprint density at radius 2 is 1.82 bits per heavy atom. The quantitative estimate of drug-likeness (QED) is 0.750. The summed E-state index contributed by atoms with van der Waals surface area (Å²) in [6.45, 7) is 6.19. The zero-order valence-electron chi connectivity index (χ0n) is 11.6. The summed E-state index contributed by atoms with van der Waals surface area (Å²) < 4.78 is 0. The Bertz CT molecular complexity index is 335. The van der Waals surface area contributed by atoms with Crippen LogP contribution in [-0.4, -0.2) is 14.1 Å². The third kappa shape index (κ3) is 4.38. The number of nitrogens with zero attached hydrogens (tertiary/aromatic N) is 2. The molecular weight excluding hydrogens is 247 g/mol. The molecule has 2 nitrogen and oxygen atoms in total. The molecule has 0 aliphatic heterocycles. The third-order valence-electron chi connectivity index (χ3n) is 2.95. The van der Waals surface area contributed by atoms with Crippen molar-refractivity contribution in [2.75, 3.05) is 19.1 Å². The molecule has 0 unspecified atom stereocenters. The molecule has 0 bridgehead atoms. The van der Waals surface area contributed by atoms with Crippen molar-refractivity contribution in [1.29, 1.82) is 0 Å². The van der Waals surface area contributed by atoms with Gasteiger partial charge in [-0.25, -0.2) is 0 Å². The number of rotatable bonds is 3. The van der Waals surface area contributed by atoms with Crippen LogP contribution in [0.2, 0.25) is 0 Å². The predicted octanol–water partition coefficient (Wildman–Crippen LogP) is 4.25. The molecule has 0 N–H and O–H groups in total. The van der Waals surface area contributed by atoms with E-state index in [-0.39, 0.29) is 18.6 Å². The molecule has 1 aliphatic carbocycles. The summed E-state index contributed by atoms with van der Waals surface area (Å²) in [5.41, 5.74) is 8.27. The molecule has 0 heterocycles. The van der Waals surface area contributed by atoms with Gasteiger partial charge in [-0.15, -0.1) is 7.05 Å². The van der Waals surface area contributed by atoms with Crippen LogP contribution in [0.1, 0.15) is 43.7 Å². The molecule has 0 saturated heterocycles. The van der Waals surface area contributed by atoms with Crippen LogP contribution in [0.4, 0.5) is 5.69 Å². The maximum absolute atomic E-state index is 4.14. The Morgan fingerprint density at radius 3 is 2.29 bits per heavy atom. The van der Waals surface area contributed by atoms with Gasteiger partial charge in [0.15, 0.2) is 0 Å². The Balaban J connectivity index is 0.000000811. The molecule has 1 aromatic rings. The molecule has 95 valence electrons. The first-order valence-corrected chi connectivity index (χ1v) is 6.16. The minimum Gasteiger partial charge on any atom is -0.571 e. The van der Waals surface area contributed by atoms with E-state index in [2.05, 4.69) is 30.5 Å². The smallest absolute Gasteiger partial charge is 0.0196 e. The van der Waals surface area contributed by atoms with Gasteiger partial charge in [0.05, 0.1) is 0 Å². The minimum atomic E-state index is 0. The summed E-state index contributed by atoms with van der Waals surface area (Å²) in [7, 11) is 3.80. The Labute approximate surface area is 118 Å². The number of anilines is 1. The first-order valence-electron chi connectivity index (χ1n) is 6.16. The van der Waals surface area contributed by atoms with Crippen molar-refractivity contribution in [3.8, 4) is 0 Å². The van der Waals surface area contributed by atoms with Crippen LogP contribution in [-0.2, 0) is 18.6 Å². The van der Waals surface area contributed by atoms with Gasteiger partial charge in [-0.2, -0.15) is 0 Å². The third-order valence-corrected chi connectivity index (χ3v) is 2.95. The second kappa shape index (κ2) is 7.81. The molecule has 1 aliphatic rings. The molecule has 17 heavy (non-hydrogen) atoms. The van der Waals surface area contributed by atoms with Crippen LogP contribution in [0, 0.1) is 6.92 Å². The van der Waals surface area contributed by atoms with Crippen LogP contribution in [0.3, 0.4) is 0 Å². The number of hydrogen-bond acceptors (Lipinski definition) is 1. The van der Waals surface area contributed by atoms with Gasteiger partial charge in [0.25, 0.3) is 0 Å². The van der Waals surface area contributed by atoms with Crippen LogP contribution < -0.4 is 5.01 Å². The van der Waals surface area contributed by atoms with E-state index in [1.54, 1.807) is 0 Å². The van der Waals surface area contributed by atoms with Crippen molar-refractivity contribution in [3.63, 3.8) is 0 Å². The van der Waals surface area contributed by atoms with E-state index in [0.717, 1.165) is 5.92 Å². The number of benzene rings is 1. The summed E-state index contributed by atoms with van der Waals surface area (Å²) in [5.74, 6) is 0.820. The molecule has 1 aromatic carbocycles. The first kappa shape index (κ1) is 16.6. The van der Waals surface area contributed by atoms with Crippen molar-refractivity contribution >= 4 is 5.69 Å². The first-order chi connectivity index (χ1) is 7.72. The topological polar surface area (TPSA) is 17.3 Å². The summed E-state index contributed by atoms with van der Waals surface area (Å²) in [6, 6.07) is 6.61. The molecule has 1 fully saturated rings. The predicted molar refractivity (Wildman–Crippen MR) is 72.2 cm³/mol. The van der Waals surface area contributed by atoms with E-state index in [1.165, 1.54) is 29.7 Å². The van der Waals surface area contributed by atoms with Crippen molar-refractivity contribution in [2.24, 2.45) is 0 Å². The van der Waals surface area contributed by atoms with Crippen molar-refractivity contribution < 1.29 is 18.6 Å². The van der Waals surface area contributed by atoms with Crippen LogP contribution in [0.5, 0.6) is 0 Å². The van der Waals surface area contributed by atoms with Crippen molar-refractivity contribution in [3.05, 3.63) is 34.8 Å². The number of aryl methyl sites for hydroxylation is 1. The average molecular weight is 270 g/mol. The van der Waals surface area contributed by atoms with E-state index < -0.39 is 0 Å². The van der Waals surface area contributed by atoms with Gasteiger partial charge in [0.2, 0.25) is 0 Å². The van der Waals surface area contributed by atoms with Gasteiger partial charge in [0, 0.05) is 24.2 Å². The van der Waals surface area contributed by atoms with Gasteiger partial charge < -0.3 is 10.4 Å². The molecule has 0 atom stereocenters. The summed E-state index contributed by atoms with van der Waals surface area (Å²) in [4.78, 5) is 0. The van der Waals surface area contributed by atoms with Gasteiger partial charge in [-0.05, 0) is 56.0 Å². The SMILES string of the molecule is CC.C[N-]N(C)c1ccc(C)c(C2CC2)c1.[V]. The van der Waals surface area contributed by atoms with E-state index in [1.807, 2.05) is 33.0 Å². The Hall–Kier alpha value is -0.436. The Morgan fingerprint density at radius 1 is 1.24 bits per heavy atom.